The molecule has 2 heterocycles. The predicted octanol–water partition coefficient (Wildman–Crippen LogP) is 3.90. The van der Waals surface area contributed by atoms with Crippen LogP contribution in [0.2, 0.25) is 0 Å². The Kier molecular flexibility index (Phi) is 11.6. The van der Waals surface area contributed by atoms with Crippen molar-refractivity contribution in [2.75, 3.05) is 19.6 Å². The lowest BCUT2D eigenvalue weighted by Crippen LogP contribution is -2.50. The number of nitrogens with zero attached hydrogens (tertiary/aromatic N) is 3. The highest BCUT2D eigenvalue weighted by molar-refractivity contribution is 14.0. The Morgan fingerprint density at radius 1 is 1.28 bits per heavy atom. The molecule has 2 rings (SSSR count). The molecular formula is C21H38IN5O2. The molecule has 0 saturated carbocycles. The van der Waals surface area contributed by atoms with Crippen LogP contribution in [0.25, 0.3) is 0 Å². The number of aliphatic imine (C=N–C) groups is 1. The van der Waals surface area contributed by atoms with Crippen LogP contribution in [0.1, 0.15) is 77.7 Å². The molecule has 1 amide bonds. The molecule has 0 aliphatic carbocycles. The molecule has 1 aromatic heterocycles. The minimum atomic E-state index is 0. The normalized spacial score (nSPS) is 15.6. The zero-order chi connectivity index (χ0) is 20.5. The summed E-state index contributed by atoms with van der Waals surface area (Å²) < 4.78 is 5.37. The molecule has 1 aliphatic rings. The molecule has 8 heteroatoms. The number of halogens is 1. The van der Waals surface area contributed by atoms with Gasteiger partial charge in [0, 0.05) is 37.7 Å². The molecule has 1 fully saturated rings. The molecule has 1 aliphatic heterocycles. The van der Waals surface area contributed by atoms with Gasteiger partial charge in [0.25, 0.3) is 0 Å². The first kappa shape index (κ1) is 25.7. The third-order valence-electron chi connectivity index (χ3n) is 5.39. The third kappa shape index (κ3) is 7.79. The van der Waals surface area contributed by atoms with Crippen molar-refractivity contribution in [2.45, 2.75) is 78.8 Å². The molecule has 29 heavy (non-hydrogen) atoms. The smallest absolute Gasteiger partial charge is 0.225 e. The molecule has 0 aromatic carbocycles. The molecular weight excluding hydrogens is 481 g/mol. The molecule has 0 spiro atoms. The zero-order valence-electron chi connectivity index (χ0n) is 18.5. The molecule has 166 valence electrons. The van der Waals surface area contributed by atoms with Crippen molar-refractivity contribution in [3.05, 3.63) is 17.5 Å². The molecule has 0 bridgehead atoms. The Labute approximate surface area is 192 Å². The molecule has 0 unspecified atom stereocenters. The first-order valence-electron chi connectivity index (χ1n) is 10.8. The minimum Gasteiger partial charge on any atom is -0.359 e. The van der Waals surface area contributed by atoms with Crippen LogP contribution in [0.5, 0.6) is 0 Å². The molecule has 0 radical (unpaired) electrons. The highest BCUT2D eigenvalue weighted by Crippen LogP contribution is 2.18. The summed E-state index contributed by atoms with van der Waals surface area (Å²) in [7, 11) is 0. The van der Waals surface area contributed by atoms with E-state index in [-0.39, 0.29) is 29.9 Å². The highest BCUT2D eigenvalue weighted by Gasteiger charge is 2.26. The van der Waals surface area contributed by atoms with Gasteiger partial charge in [-0.25, -0.2) is 4.99 Å². The Bertz CT molecular complexity index is 635. The number of hydrogen-bond acceptors (Lipinski definition) is 4. The van der Waals surface area contributed by atoms with Crippen molar-refractivity contribution in [3.8, 4) is 0 Å². The number of nitrogens with one attached hydrogen (secondary N) is 2. The summed E-state index contributed by atoms with van der Waals surface area (Å²) in [6, 6.07) is 2.30. The lowest BCUT2D eigenvalue weighted by molar-refractivity contribution is -0.136. The number of aromatic nitrogens is 1. The summed E-state index contributed by atoms with van der Waals surface area (Å²) in [6.45, 7) is 13.3. The summed E-state index contributed by atoms with van der Waals surface area (Å²) in [5.74, 6) is 2.39. The van der Waals surface area contributed by atoms with Crippen molar-refractivity contribution in [2.24, 2.45) is 10.9 Å². The van der Waals surface area contributed by atoms with E-state index in [0.29, 0.717) is 24.4 Å². The zero-order valence-corrected chi connectivity index (χ0v) is 20.9. The number of carbonyl (C=O) groups is 1. The summed E-state index contributed by atoms with van der Waals surface area (Å²) >= 11 is 0. The Morgan fingerprint density at radius 3 is 2.45 bits per heavy atom. The summed E-state index contributed by atoms with van der Waals surface area (Å²) in [5, 5.41) is 10.9. The van der Waals surface area contributed by atoms with Gasteiger partial charge in [0.05, 0.1) is 5.69 Å². The van der Waals surface area contributed by atoms with E-state index in [9.17, 15) is 4.79 Å². The van der Waals surface area contributed by atoms with Gasteiger partial charge in [0.2, 0.25) is 5.91 Å². The van der Waals surface area contributed by atoms with Crippen molar-refractivity contribution in [1.82, 2.24) is 20.7 Å². The molecule has 1 aromatic rings. The predicted molar refractivity (Wildman–Crippen MR) is 128 cm³/mol. The maximum Gasteiger partial charge on any atom is 0.225 e. The van der Waals surface area contributed by atoms with Gasteiger partial charge in [-0.3, -0.25) is 4.79 Å². The van der Waals surface area contributed by atoms with Crippen LogP contribution in [0, 0.1) is 5.92 Å². The van der Waals surface area contributed by atoms with Gasteiger partial charge in [0.15, 0.2) is 11.7 Å². The van der Waals surface area contributed by atoms with Crippen LogP contribution in [0.15, 0.2) is 15.6 Å². The van der Waals surface area contributed by atoms with Crippen molar-refractivity contribution < 1.29 is 9.32 Å². The first-order chi connectivity index (χ1) is 13.5. The van der Waals surface area contributed by atoms with E-state index in [1.165, 1.54) is 0 Å². The molecule has 0 atom stereocenters. The largest absolute Gasteiger partial charge is 0.359 e. The Hall–Kier alpha value is -1.32. The van der Waals surface area contributed by atoms with Gasteiger partial charge in [-0.1, -0.05) is 32.9 Å². The van der Waals surface area contributed by atoms with E-state index in [4.69, 9.17) is 4.52 Å². The van der Waals surface area contributed by atoms with Gasteiger partial charge >= 0.3 is 0 Å². The number of piperidine rings is 1. The minimum absolute atomic E-state index is 0. The second kappa shape index (κ2) is 13.1. The van der Waals surface area contributed by atoms with Gasteiger partial charge in [-0.05, 0) is 38.5 Å². The van der Waals surface area contributed by atoms with Crippen molar-refractivity contribution >= 4 is 35.8 Å². The van der Waals surface area contributed by atoms with Crippen LogP contribution >= 0.6 is 24.0 Å². The number of amides is 1. The van der Waals surface area contributed by atoms with Crippen LogP contribution < -0.4 is 10.6 Å². The average molecular weight is 519 g/mol. The second-order valence-corrected chi connectivity index (χ2v) is 7.83. The standard InChI is InChI=1S/C21H37N5O2.HI/c1-6-16(7-2)20(27)26-11-9-17(10-12-26)24-21(22-8-3)23-14-18-13-19(15(4)5)25-28-18;/h13,15-17H,6-12,14H2,1-5H3,(H2,22,23,24);1H. The summed E-state index contributed by atoms with van der Waals surface area (Å²) in [6.07, 6.45) is 3.72. The number of carbonyl (C=O) groups excluding carboxylic acids is 1. The van der Waals surface area contributed by atoms with Crippen LogP contribution in [-0.2, 0) is 11.3 Å². The maximum absolute atomic E-state index is 12.6. The average Bonchev–Trinajstić information content (AvgIpc) is 3.17. The van der Waals surface area contributed by atoms with Gasteiger partial charge in [0.1, 0.15) is 6.54 Å². The molecule has 1 saturated heterocycles. The van der Waals surface area contributed by atoms with Crippen LogP contribution in [0.3, 0.4) is 0 Å². The van der Waals surface area contributed by atoms with E-state index in [1.54, 1.807) is 0 Å². The molecule has 7 nitrogen and oxygen atoms in total. The van der Waals surface area contributed by atoms with E-state index < -0.39 is 0 Å². The Balaban J connectivity index is 0.00000420. The maximum atomic E-state index is 12.6. The van der Waals surface area contributed by atoms with Crippen LogP contribution in [-0.4, -0.2) is 47.6 Å². The number of guanidine groups is 1. The lowest BCUT2D eigenvalue weighted by Gasteiger charge is -2.34. The summed E-state index contributed by atoms with van der Waals surface area (Å²) in [5.41, 5.74) is 0.956. The van der Waals surface area contributed by atoms with E-state index in [2.05, 4.69) is 55.4 Å². The monoisotopic (exact) mass is 519 g/mol. The SMILES string of the molecule is CCNC(=NCc1cc(C(C)C)no1)NC1CCN(C(=O)C(CC)CC)CC1.I. The fraction of sp³-hybridized carbons (Fsp3) is 0.762. The van der Waals surface area contributed by atoms with Crippen molar-refractivity contribution in [3.63, 3.8) is 0 Å². The summed E-state index contributed by atoms with van der Waals surface area (Å²) in [4.78, 5) is 19.2. The third-order valence-corrected chi connectivity index (χ3v) is 5.39. The number of hydrogen-bond donors (Lipinski definition) is 2. The number of rotatable bonds is 8. The fourth-order valence-corrected chi connectivity index (χ4v) is 3.49. The highest BCUT2D eigenvalue weighted by atomic mass is 127. The first-order valence-corrected chi connectivity index (χ1v) is 10.8. The van der Waals surface area contributed by atoms with E-state index in [0.717, 1.165) is 62.7 Å². The Morgan fingerprint density at radius 2 is 1.93 bits per heavy atom. The second-order valence-electron chi connectivity index (χ2n) is 7.83. The lowest BCUT2D eigenvalue weighted by atomic mass is 9.98. The van der Waals surface area contributed by atoms with Gasteiger partial charge in [-0.2, -0.15) is 0 Å². The number of likely N-dealkylation sites (tertiary alicyclic amines) is 1. The van der Waals surface area contributed by atoms with Crippen LogP contribution in [0.4, 0.5) is 0 Å². The van der Waals surface area contributed by atoms with E-state index >= 15 is 0 Å². The van der Waals surface area contributed by atoms with Crippen molar-refractivity contribution in [1.29, 1.82) is 0 Å². The molecule has 2 N–H and O–H groups in total. The quantitative estimate of drug-likeness (QED) is 0.309. The fourth-order valence-electron chi connectivity index (χ4n) is 3.49. The topological polar surface area (TPSA) is 82.8 Å². The van der Waals surface area contributed by atoms with Gasteiger partial charge in [-0.15, -0.1) is 24.0 Å². The van der Waals surface area contributed by atoms with E-state index in [1.807, 2.05) is 11.0 Å². The van der Waals surface area contributed by atoms with Gasteiger partial charge < -0.3 is 20.1 Å².